The highest BCUT2D eigenvalue weighted by atomic mass is 35.5. The average Bonchev–Trinajstić information content (AvgIpc) is 1.64. The van der Waals surface area contributed by atoms with Crippen molar-refractivity contribution in [3.63, 3.8) is 0 Å². The molecule has 0 aromatic rings. The summed E-state index contributed by atoms with van der Waals surface area (Å²) in [7, 11) is 0. The number of aliphatic hydroxyl groups excluding tert-OH is 1. The number of Topliss-reactive ketones (excluding diaryl/α,β-unsaturated/α-hetero) is 1. The molecule has 0 aliphatic heterocycles. The van der Waals surface area contributed by atoms with Crippen molar-refractivity contribution in [2.45, 2.75) is 25.3 Å². The molecule has 2 nitrogen and oxygen atoms in total. The minimum atomic E-state index is -0.742. The van der Waals surface area contributed by atoms with E-state index in [0.717, 1.165) is 0 Å². The molecule has 0 radical (unpaired) electrons. The molecule has 8 heavy (non-hydrogen) atoms. The maximum atomic E-state index is 10.3. The molecule has 0 aromatic heterocycles. The lowest BCUT2D eigenvalue weighted by atomic mass is 10.2. The molecule has 0 bridgehead atoms. The molecule has 0 fully saturated rings. The summed E-state index contributed by atoms with van der Waals surface area (Å²) in [6, 6.07) is 0. The Morgan fingerprint density at radius 2 is 2.12 bits per heavy atom. The molecule has 2 unspecified atom stereocenters. The van der Waals surface area contributed by atoms with E-state index in [-0.39, 0.29) is 5.78 Å². The fraction of sp³-hybridized carbons (Fsp3) is 0.800. The second-order valence-electron chi connectivity index (χ2n) is 1.75. The monoisotopic (exact) mass is 136 g/mol. The zero-order chi connectivity index (χ0) is 6.73. The normalized spacial score (nSPS) is 17.5. The van der Waals surface area contributed by atoms with Crippen LogP contribution in [0.4, 0.5) is 0 Å². The Bertz CT molecular complexity index is 90.4. The number of aliphatic hydroxyl groups is 1. The Morgan fingerprint density at radius 3 is 2.12 bits per heavy atom. The molecule has 48 valence electrons. The van der Waals surface area contributed by atoms with Gasteiger partial charge in [0.2, 0.25) is 0 Å². The third-order valence-corrected chi connectivity index (χ3v) is 1.48. The van der Waals surface area contributed by atoms with Gasteiger partial charge in [-0.1, -0.05) is 0 Å². The number of carbonyl (C=O) groups is 1. The number of alkyl halides is 1. The van der Waals surface area contributed by atoms with E-state index in [1.165, 1.54) is 13.8 Å². The van der Waals surface area contributed by atoms with Gasteiger partial charge in [0.1, 0.15) is 11.2 Å². The van der Waals surface area contributed by atoms with Gasteiger partial charge in [0, 0.05) is 0 Å². The molecule has 0 amide bonds. The Morgan fingerprint density at radius 1 is 1.75 bits per heavy atom. The van der Waals surface area contributed by atoms with E-state index in [9.17, 15) is 4.79 Å². The number of ketones is 1. The van der Waals surface area contributed by atoms with Gasteiger partial charge in [-0.25, -0.2) is 0 Å². The number of hydrogen-bond acceptors (Lipinski definition) is 2. The van der Waals surface area contributed by atoms with E-state index in [1.807, 2.05) is 0 Å². The van der Waals surface area contributed by atoms with E-state index in [1.54, 1.807) is 0 Å². The summed E-state index contributed by atoms with van der Waals surface area (Å²) < 4.78 is 0. The Balaban J connectivity index is 3.64. The summed E-state index contributed by atoms with van der Waals surface area (Å²) in [5.74, 6) is -0.193. The number of hydrogen-bond donors (Lipinski definition) is 1. The zero-order valence-electron chi connectivity index (χ0n) is 4.89. The van der Waals surface area contributed by atoms with E-state index < -0.39 is 11.5 Å². The molecule has 0 saturated heterocycles. The fourth-order valence-corrected chi connectivity index (χ4v) is 0.340. The Hall–Kier alpha value is -0.0800. The molecule has 0 rings (SSSR count). The third kappa shape index (κ3) is 2.28. The molecule has 3 heteroatoms. The van der Waals surface area contributed by atoms with Crippen LogP contribution in [-0.2, 0) is 4.79 Å². The minimum absolute atomic E-state index is 0.193. The SMILES string of the molecule is CC(=O)C(Cl)C(C)O. The predicted octanol–water partition coefficient (Wildman–Crippen LogP) is 0.564. The van der Waals surface area contributed by atoms with Crippen LogP contribution in [0.5, 0.6) is 0 Å². The lowest BCUT2D eigenvalue weighted by molar-refractivity contribution is -0.118. The third-order valence-electron chi connectivity index (χ3n) is 0.812. The van der Waals surface area contributed by atoms with Crippen LogP contribution in [0.3, 0.4) is 0 Å². The standard InChI is InChI=1S/C5H9ClO2/c1-3(7)5(6)4(2)8/h3,5,7H,1-2H3. The van der Waals surface area contributed by atoms with E-state index >= 15 is 0 Å². The maximum absolute atomic E-state index is 10.3. The van der Waals surface area contributed by atoms with Gasteiger partial charge in [-0.2, -0.15) is 0 Å². The first-order valence-electron chi connectivity index (χ1n) is 2.38. The molecule has 0 aliphatic rings. The van der Waals surface area contributed by atoms with Crippen molar-refractivity contribution in [3.8, 4) is 0 Å². The van der Waals surface area contributed by atoms with Gasteiger partial charge >= 0.3 is 0 Å². The first kappa shape index (κ1) is 7.92. The minimum Gasteiger partial charge on any atom is -0.391 e. The first-order valence-corrected chi connectivity index (χ1v) is 2.82. The van der Waals surface area contributed by atoms with Crippen LogP contribution in [0.15, 0.2) is 0 Å². The van der Waals surface area contributed by atoms with Crippen molar-refractivity contribution in [3.05, 3.63) is 0 Å². The Labute approximate surface area is 53.5 Å². The quantitative estimate of drug-likeness (QED) is 0.564. The molecule has 2 atom stereocenters. The van der Waals surface area contributed by atoms with Gasteiger partial charge in [0.15, 0.2) is 0 Å². The molecular weight excluding hydrogens is 128 g/mol. The molecule has 0 heterocycles. The summed E-state index contributed by atoms with van der Waals surface area (Å²) >= 11 is 5.35. The van der Waals surface area contributed by atoms with Crippen LogP contribution in [0, 0.1) is 0 Å². The van der Waals surface area contributed by atoms with Crippen molar-refractivity contribution < 1.29 is 9.90 Å². The summed E-state index contributed by atoms with van der Waals surface area (Å²) in [4.78, 5) is 10.3. The van der Waals surface area contributed by atoms with E-state index in [2.05, 4.69) is 0 Å². The second kappa shape index (κ2) is 3.05. The van der Waals surface area contributed by atoms with E-state index in [4.69, 9.17) is 16.7 Å². The van der Waals surface area contributed by atoms with Crippen molar-refractivity contribution in [1.29, 1.82) is 0 Å². The van der Waals surface area contributed by atoms with Crippen LogP contribution in [0.2, 0.25) is 0 Å². The van der Waals surface area contributed by atoms with Gasteiger partial charge in [-0.15, -0.1) is 11.6 Å². The Kier molecular flexibility index (Phi) is 3.02. The van der Waals surface area contributed by atoms with Crippen LogP contribution in [0.1, 0.15) is 13.8 Å². The lowest BCUT2D eigenvalue weighted by Crippen LogP contribution is -2.23. The van der Waals surface area contributed by atoms with Gasteiger partial charge < -0.3 is 5.11 Å². The molecular formula is C5H9ClO2. The molecule has 0 spiro atoms. The van der Waals surface area contributed by atoms with Gasteiger partial charge in [0.25, 0.3) is 0 Å². The van der Waals surface area contributed by atoms with Crippen LogP contribution < -0.4 is 0 Å². The molecule has 1 N–H and O–H groups in total. The van der Waals surface area contributed by atoms with Crippen LogP contribution in [0.25, 0.3) is 0 Å². The largest absolute Gasteiger partial charge is 0.391 e. The highest BCUT2D eigenvalue weighted by Gasteiger charge is 2.15. The maximum Gasteiger partial charge on any atom is 0.150 e. The second-order valence-corrected chi connectivity index (χ2v) is 2.22. The number of halogens is 1. The fourth-order valence-electron chi connectivity index (χ4n) is 0.340. The lowest BCUT2D eigenvalue weighted by Gasteiger charge is -2.06. The van der Waals surface area contributed by atoms with Crippen LogP contribution in [-0.4, -0.2) is 22.4 Å². The predicted molar refractivity (Wildman–Crippen MR) is 32.0 cm³/mol. The van der Waals surface area contributed by atoms with E-state index in [0.29, 0.717) is 0 Å². The highest BCUT2D eigenvalue weighted by molar-refractivity contribution is 6.31. The highest BCUT2D eigenvalue weighted by Crippen LogP contribution is 2.01. The van der Waals surface area contributed by atoms with Crippen molar-refractivity contribution in [1.82, 2.24) is 0 Å². The summed E-state index contributed by atoms with van der Waals surface area (Å²) in [6.07, 6.45) is -0.742. The first-order chi connectivity index (χ1) is 3.55. The number of carbonyl (C=O) groups excluding carboxylic acids is 1. The van der Waals surface area contributed by atoms with Gasteiger partial charge in [0.05, 0.1) is 6.10 Å². The average molecular weight is 137 g/mol. The molecule has 0 saturated carbocycles. The van der Waals surface area contributed by atoms with Crippen molar-refractivity contribution in [2.24, 2.45) is 0 Å². The summed E-state index contributed by atoms with van der Waals surface area (Å²) in [5.41, 5.74) is 0. The van der Waals surface area contributed by atoms with Gasteiger partial charge in [-0.3, -0.25) is 4.79 Å². The summed E-state index contributed by atoms with van der Waals surface area (Å²) in [5, 5.41) is 7.90. The number of rotatable bonds is 2. The summed E-state index contributed by atoms with van der Waals surface area (Å²) in [6.45, 7) is 2.84. The topological polar surface area (TPSA) is 37.3 Å². The van der Waals surface area contributed by atoms with Crippen molar-refractivity contribution in [2.75, 3.05) is 0 Å². The molecule has 0 aliphatic carbocycles. The van der Waals surface area contributed by atoms with Gasteiger partial charge in [-0.05, 0) is 13.8 Å². The smallest absolute Gasteiger partial charge is 0.150 e. The molecule has 0 aromatic carbocycles. The zero-order valence-corrected chi connectivity index (χ0v) is 5.64. The van der Waals surface area contributed by atoms with Crippen molar-refractivity contribution >= 4 is 17.4 Å². The van der Waals surface area contributed by atoms with Crippen LogP contribution >= 0.6 is 11.6 Å².